The molecule has 1 amide bonds. The maximum Gasteiger partial charge on any atom is 0.413 e. The van der Waals surface area contributed by atoms with E-state index in [9.17, 15) is 4.79 Å². The Labute approximate surface area is 140 Å². The van der Waals surface area contributed by atoms with E-state index >= 15 is 0 Å². The van der Waals surface area contributed by atoms with Crippen LogP contribution in [0.25, 0.3) is 11.3 Å². The topological polar surface area (TPSA) is 51.2 Å². The number of hydrogen-bond acceptors (Lipinski definition) is 4. The second kappa shape index (κ2) is 7.59. The summed E-state index contributed by atoms with van der Waals surface area (Å²) in [5.74, 6) is 0. The number of aryl methyl sites for hydroxylation is 2. The first-order chi connectivity index (χ1) is 11.3. The number of amides is 1. The number of nitrogens with one attached hydrogen (secondary N) is 1. The van der Waals surface area contributed by atoms with E-state index in [0.717, 1.165) is 30.5 Å². The molecule has 3 rings (SSSR count). The smallest absolute Gasteiger partial charge is 0.413 e. The maximum absolute atomic E-state index is 11.7. The Balaban J connectivity index is 1.66. The first-order valence-electron chi connectivity index (χ1n) is 8.27. The number of rotatable bonds is 5. The average molecular weight is 330 g/mol. The van der Waals surface area contributed by atoms with Crippen molar-refractivity contribution < 1.29 is 9.53 Å². The van der Waals surface area contributed by atoms with E-state index in [1.54, 1.807) is 0 Å². The summed E-state index contributed by atoms with van der Waals surface area (Å²) >= 11 is 1.43. The summed E-state index contributed by atoms with van der Waals surface area (Å²) in [6.45, 7) is 2.51. The zero-order valence-corrected chi connectivity index (χ0v) is 14.2. The van der Waals surface area contributed by atoms with Crippen molar-refractivity contribution >= 4 is 22.6 Å². The molecule has 1 aromatic carbocycles. The fraction of sp³-hybridized carbons (Fsp3) is 0.444. The molecule has 1 N–H and O–H groups in total. The van der Waals surface area contributed by atoms with E-state index < -0.39 is 6.09 Å². The predicted molar refractivity (Wildman–Crippen MR) is 94.1 cm³/mol. The molecule has 0 bridgehead atoms. The van der Waals surface area contributed by atoms with Crippen LogP contribution in [0.2, 0.25) is 0 Å². The van der Waals surface area contributed by atoms with Crippen molar-refractivity contribution in [3.63, 3.8) is 0 Å². The van der Waals surface area contributed by atoms with E-state index in [2.05, 4.69) is 35.4 Å². The van der Waals surface area contributed by atoms with Crippen molar-refractivity contribution in [1.29, 1.82) is 0 Å². The van der Waals surface area contributed by atoms with Gasteiger partial charge in [-0.15, -0.1) is 11.3 Å². The number of carbonyl (C=O) groups is 1. The zero-order valence-electron chi connectivity index (χ0n) is 13.4. The summed E-state index contributed by atoms with van der Waals surface area (Å²) in [4.78, 5) is 16.2. The Kier molecular flexibility index (Phi) is 5.28. The van der Waals surface area contributed by atoms with Crippen LogP contribution < -0.4 is 5.32 Å². The number of hydrogen-bond donors (Lipinski definition) is 1. The highest BCUT2D eigenvalue weighted by Crippen LogP contribution is 2.29. The number of unbranched alkanes of at least 4 members (excludes halogenated alkanes) is 1. The molecule has 0 atom stereocenters. The standard InChI is InChI=1S/C18H22N2O2S/c1-2-3-10-22-18(21)20-17-19-16(12-23-17)15-9-8-13-6-4-5-7-14(13)11-15/h8-9,11-12H,2-7,10H2,1H3,(H,19,20,21). The van der Waals surface area contributed by atoms with E-state index in [-0.39, 0.29) is 0 Å². The number of anilines is 1. The summed E-state index contributed by atoms with van der Waals surface area (Å²) in [7, 11) is 0. The fourth-order valence-electron chi connectivity index (χ4n) is 2.79. The highest BCUT2D eigenvalue weighted by molar-refractivity contribution is 7.14. The number of thiazole rings is 1. The molecule has 0 saturated carbocycles. The minimum Gasteiger partial charge on any atom is -0.449 e. The molecule has 0 aliphatic heterocycles. The van der Waals surface area contributed by atoms with Crippen LogP contribution in [0, 0.1) is 0 Å². The van der Waals surface area contributed by atoms with Gasteiger partial charge in [0.1, 0.15) is 0 Å². The molecule has 4 nitrogen and oxygen atoms in total. The van der Waals surface area contributed by atoms with E-state index in [1.165, 1.54) is 41.7 Å². The third-order valence-electron chi connectivity index (χ3n) is 4.09. The molecule has 1 aliphatic carbocycles. The van der Waals surface area contributed by atoms with Gasteiger partial charge in [-0.1, -0.05) is 25.5 Å². The van der Waals surface area contributed by atoms with Crippen molar-refractivity contribution in [3.8, 4) is 11.3 Å². The van der Waals surface area contributed by atoms with Crippen LogP contribution in [0.15, 0.2) is 23.6 Å². The molecule has 1 aliphatic rings. The number of benzene rings is 1. The van der Waals surface area contributed by atoms with Gasteiger partial charge in [-0.05, 0) is 49.3 Å². The van der Waals surface area contributed by atoms with Crippen molar-refractivity contribution in [2.24, 2.45) is 0 Å². The lowest BCUT2D eigenvalue weighted by molar-refractivity contribution is 0.160. The quantitative estimate of drug-likeness (QED) is 0.782. The lowest BCUT2D eigenvalue weighted by Gasteiger charge is -2.16. The third-order valence-corrected chi connectivity index (χ3v) is 4.85. The largest absolute Gasteiger partial charge is 0.449 e. The second-order valence-corrected chi connectivity index (χ2v) is 6.70. The molecule has 0 unspecified atom stereocenters. The molecular formula is C18H22N2O2S. The Morgan fingerprint density at radius 2 is 2.13 bits per heavy atom. The fourth-order valence-corrected chi connectivity index (χ4v) is 3.49. The van der Waals surface area contributed by atoms with Gasteiger partial charge < -0.3 is 4.74 Å². The monoisotopic (exact) mass is 330 g/mol. The predicted octanol–water partition coefficient (Wildman–Crippen LogP) is 5.04. The van der Waals surface area contributed by atoms with Gasteiger partial charge in [0.15, 0.2) is 5.13 Å². The van der Waals surface area contributed by atoms with Crippen molar-refractivity contribution in [2.75, 3.05) is 11.9 Å². The molecule has 5 heteroatoms. The summed E-state index contributed by atoms with van der Waals surface area (Å²) in [6, 6.07) is 6.59. The molecule has 0 saturated heterocycles. The summed E-state index contributed by atoms with van der Waals surface area (Å²) in [6.07, 6.45) is 6.36. The number of fused-ring (bicyclic) bond motifs is 1. The normalized spacial score (nSPS) is 13.4. The van der Waals surface area contributed by atoms with Gasteiger partial charge in [0, 0.05) is 10.9 Å². The Morgan fingerprint density at radius 1 is 1.30 bits per heavy atom. The first kappa shape index (κ1) is 16.0. The zero-order chi connectivity index (χ0) is 16.1. The van der Waals surface area contributed by atoms with E-state index in [4.69, 9.17) is 4.74 Å². The molecule has 1 aromatic heterocycles. The minimum absolute atomic E-state index is 0.426. The minimum atomic E-state index is -0.426. The molecule has 0 fully saturated rings. The Bertz CT molecular complexity index is 681. The SMILES string of the molecule is CCCCOC(=O)Nc1nc(-c2ccc3c(c2)CCCC3)cs1. The lowest BCUT2D eigenvalue weighted by atomic mass is 9.90. The second-order valence-electron chi connectivity index (χ2n) is 5.84. The third kappa shape index (κ3) is 4.10. The van der Waals surface area contributed by atoms with E-state index in [1.807, 2.05) is 5.38 Å². The van der Waals surface area contributed by atoms with Crippen molar-refractivity contribution in [1.82, 2.24) is 4.98 Å². The summed E-state index contributed by atoms with van der Waals surface area (Å²) < 4.78 is 5.09. The number of ether oxygens (including phenoxy) is 1. The molecule has 1 heterocycles. The van der Waals surface area contributed by atoms with Crippen LogP contribution in [0.5, 0.6) is 0 Å². The highest BCUT2D eigenvalue weighted by atomic mass is 32.1. The van der Waals surface area contributed by atoms with Crippen LogP contribution in [-0.2, 0) is 17.6 Å². The van der Waals surface area contributed by atoms with Crippen molar-refractivity contribution in [3.05, 3.63) is 34.7 Å². The van der Waals surface area contributed by atoms with Gasteiger partial charge in [-0.3, -0.25) is 5.32 Å². The molecular weight excluding hydrogens is 308 g/mol. The molecule has 0 spiro atoms. The average Bonchev–Trinajstić information content (AvgIpc) is 3.03. The van der Waals surface area contributed by atoms with Gasteiger partial charge in [0.2, 0.25) is 0 Å². The number of carbonyl (C=O) groups excluding carboxylic acids is 1. The van der Waals surface area contributed by atoms with Crippen LogP contribution in [0.4, 0.5) is 9.93 Å². The molecule has 122 valence electrons. The van der Waals surface area contributed by atoms with Crippen LogP contribution in [0.3, 0.4) is 0 Å². The van der Waals surface area contributed by atoms with Gasteiger partial charge in [0.05, 0.1) is 12.3 Å². The summed E-state index contributed by atoms with van der Waals surface area (Å²) in [5, 5.41) is 5.26. The van der Waals surface area contributed by atoms with E-state index in [0.29, 0.717) is 11.7 Å². The van der Waals surface area contributed by atoms with Gasteiger partial charge >= 0.3 is 6.09 Å². The van der Waals surface area contributed by atoms with Crippen LogP contribution in [-0.4, -0.2) is 17.7 Å². The van der Waals surface area contributed by atoms with Gasteiger partial charge in [-0.25, -0.2) is 9.78 Å². The number of nitrogens with zero attached hydrogens (tertiary/aromatic N) is 1. The van der Waals surface area contributed by atoms with Crippen LogP contribution >= 0.6 is 11.3 Å². The van der Waals surface area contributed by atoms with Crippen molar-refractivity contribution in [2.45, 2.75) is 45.4 Å². The molecule has 2 aromatic rings. The Morgan fingerprint density at radius 3 is 2.96 bits per heavy atom. The van der Waals surface area contributed by atoms with Gasteiger partial charge in [0.25, 0.3) is 0 Å². The summed E-state index contributed by atoms with van der Waals surface area (Å²) in [5.41, 5.74) is 4.94. The first-order valence-corrected chi connectivity index (χ1v) is 9.15. The lowest BCUT2D eigenvalue weighted by Crippen LogP contribution is -2.14. The number of aromatic nitrogens is 1. The maximum atomic E-state index is 11.7. The molecule has 0 radical (unpaired) electrons. The molecule has 23 heavy (non-hydrogen) atoms. The van der Waals surface area contributed by atoms with Crippen LogP contribution in [0.1, 0.15) is 43.7 Å². The Hall–Kier alpha value is -1.88. The van der Waals surface area contributed by atoms with Gasteiger partial charge in [-0.2, -0.15) is 0 Å². The highest BCUT2D eigenvalue weighted by Gasteiger charge is 2.12.